The van der Waals surface area contributed by atoms with Gasteiger partial charge in [-0.1, -0.05) is 18.2 Å². The molecule has 0 saturated heterocycles. The first-order valence-corrected chi connectivity index (χ1v) is 7.61. The van der Waals surface area contributed by atoms with Crippen molar-refractivity contribution >= 4 is 18.0 Å². The second kappa shape index (κ2) is 8.57. The minimum absolute atomic E-state index is 0.284. The largest absolute Gasteiger partial charge is 0.493 e. The number of rotatable bonds is 7. The van der Waals surface area contributed by atoms with Crippen molar-refractivity contribution in [1.29, 1.82) is 0 Å². The van der Waals surface area contributed by atoms with Crippen molar-refractivity contribution in [1.82, 2.24) is 5.32 Å². The van der Waals surface area contributed by atoms with Crippen molar-refractivity contribution < 1.29 is 28.9 Å². The molecule has 136 valence electrons. The van der Waals surface area contributed by atoms with Crippen LogP contribution in [-0.2, 0) is 4.79 Å². The molecule has 0 aliphatic rings. The number of carboxylic acid groups (broad SMARTS) is 1. The average Bonchev–Trinajstić information content (AvgIpc) is 2.66. The van der Waals surface area contributed by atoms with Gasteiger partial charge in [-0.15, -0.1) is 0 Å². The highest BCUT2D eigenvalue weighted by atomic mass is 16.5. The molecule has 0 unspecified atom stereocenters. The molecule has 2 N–H and O–H groups in total. The molecule has 26 heavy (non-hydrogen) atoms. The molecule has 0 fully saturated rings. The number of methoxy groups -OCH3 is 3. The SMILES string of the molecule is COc1cc(/C=C(/NC(=O)c2ccccc2)C(=O)O)cc(OC)c1OC. The van der Waals surface area contributed by atoms with Crippen LogP contribution in [0.15, 0.2) is 48.2 Å². The number of carbonyl (C=O) groups excluding carboxylic acids is 1. The topological polar surface area (TPSA) is 94.1 Å². The molecular weight excluding hydrogens is 338 g/mol. The van der Waals surface area contributed by atoms with E-state index >= 15 is 0 Å². The number of aliphatic carboxylic acids is 1. The van der Waals surface area contributed by atoms with Crippen LogP contribution in [0.5, 0.6) is 17.2 Å². The molecule has 0 spiro atoms. The van der Waals surface area contributed by atoms with Crippen molar-refractivity contribution in [2.24, 2.45) is 0 Å². The van der Waals surface area contributed by atoms with E-state index in [0.717, 1.165) is 0 Å². The lowest BCUT2D eigenvalue weighted by molar-refractivity contribution is -0.132. The lowest BCUT2D eigenvalue weighted by Crippen LogP contribution is -2.27. The molecule has 1 amide bonds. The minimum atomic E-state index is -1.27. The maximum Gasteiger partial charge on any atom is 0.352 e. The van der Waals surface area contributed by atoms with Gasteiger partial charge < -0.3 is 24.6 Å². The van der Waals surface area contributed by atoms with Gasteiger partial charge in [0.05, 0.1) is 21.3 Å². The molecular formula is C19H19NO6. The van der Waals surface area contributed by atoms with E-state index in [1.807, 2.05) is 0 Å². The summed E-state index contributed by atoms with van der Waals surface area (Å²) in [7, 11) is 4.39. The van der Waals surface area contributed by atoms with E-state index in [0.29, 0.717) is 28.4 Å². The molecule has 0 aromatic heterocycles. The predicted molar refractivity (Wildman–Crippen MR) is 95.6 cm³/mol. The van der Waals surface area contributed by atoms with Crippen LogP contribution in [0.4, 0.5) is 0 Å². The maximum absolute atomic E-state index is 12.2. The zero-order valence-electron chi connectivity index (χ0n) is 14.6. The van der Waals surface area contributed by atoms with E-state index in [2.05, 4.69) is 5.32 Å². The van der Waals surface area contributed by atoms with Crippen LogP contribution in [0.3, 0.4) is 0 Å². The summed E-state index contributed by atoms with van der Waals surface area (Å²) in [5, 5.41) is 11.8. The van der Waals surface area contributed by atoms with Crippen LogP contribution in [0, 0.1) is 0 Å². The Morgan fingerprint density at radius 1 is 0.962 bits per heavy atom. The van der Waals surface area contributed by atoms with E-state index in [4.69, 9.17) is 14.2 Å². The second-order valence-corrected chi connectivity index (χ2v) is 5.14. The molecule has 0 radical (unpaired) electrons. The van der Waals surface area contributed by atoms with Crippen LogP contribution in [0.25, 0.3) is 6.08 Å². The number of nitrogens with one attached hydrogen (secondary N) is 1. The number of hydrogen-bond donors (Lipinski definition) is 2. The Kier molecular flexibility index (Phi) is 6.21. The molecule has 0 aliphatic carbocycles. The van der Waals surface area contributed by atoms with Gasteiger partial charge in [0.2, 0.25) is 5.75 Å². The molecule has 0 atom stereocenters. The molecule has 0 heterocycles. The van der Waals surface area contributed by atoms with Crippen molar-refractivity contribution in [3.8, 4) is 17.2 Å². The summed E-state index contributed by atoms with van der Waals surface area (Å²) in [6.45, 7) is 0. The Labute approximate surface area is 150 Å². The first-order chi connectivity index (χ1) is 12.5. The van der Waals surface area contributed by atoms with E-state index in [9.17, 15) is 14.7 Å². The molecule has 7 nitrogen and oxygen atoms in total. The summed E-state index contributed by atoms with van der Waals surface area (Å²) >= 11 is 0. The Balaban J connectivity index is 2.39. The van der Waals surface area contributed by atoms with Gasteiger partial charge in [0, 0.05) is 5.56 Å². The average molecular weight is 357 g/mol. The Morgan fingerprint density at radius 2 is 1.54 bits per heavy atom. The lowest BCUT2D eigenvalue weighted by Gasteiger charge is -2.13. The van der Waals surface area contributed by atoms with Crippen LogP contribution in [-0.4, -0.2) is 38.3 Å². The predicted octanol–water partition coefficient (Wildman–Crippen LogP) is 2.57. The highest BCUT2D eigenvalue weighted by molar-refractivity contribution is 6.02. The van der Waals surface area contributed by atoms with Gasteiger partial charge >= 0.3 is 5.97 Å². The van der Waals surface area contributed by atoms with Crippen molar-refractivity contribution in [3.63, 3.8) is 0 Å². The normalized spacial score (nSPS) is 10.8. The van der Waals surface area contributed by atoms with Crippen LogP contribution in [0.1, 0.15) is 15.9 Å². The highest BCUT2D eigenvalue weighted by Crippen LogP contribution is 2.38. The number of carbonyl (C=O) groups is 2. The van der Waals surface area contributed by atoms with E-state index in [1.54, 1.807) is 42.5 Å². The van der Waals surface area contributed by atoms with Crippen LogP contribution < -0.4 is 19.5 Å². The first kappa shape index (κ1) is 18.9. The van der Waals surface area contributed by atoms with Crippen LogP contribution >= 0.6 is 0 Å². The van der Waals surface area contributed by atoms with Gasteiger partial charge in [0.1, 0.15) is 5.70 Å². The third kappa shape index (κ3) is 4.32. The monoisotopic (exact) mass is 357 g/mol. The van der Waals surface area contributed by atoms with Gasteiger partial charge in [0.15, 0.2) is 11.5 Å². The number of hydrogen-bond acceptors (Lipinski definition) is 5. The lowest BCUT2D eigenvalue weighted by atomic mass is 10.1. The van der Waals surface area contributed by atoms with E-state index in [1.165, 1.54) is 27.4 Å². The number of ether oxygens (including phenoxy) is 3. The van der Waals surface area contributed by atoms with Crippen LogP contribution in [0.2, 0.25) is 0 Å². The fraction of sp³-hybridized carbons (Fsp3) is 0.158. The fourth-order valence-electron chi connectivity index (χ4n) is 2.29. The smallest absolute Gasteiger partial charge is 0.352 e. The van der Waals surface area contributed by atoms with Crippen molar-refractivity contribution in [2.75, 3.05) is 21.3 Å². The van der Waals surface area contributed by atoms with Gasteiger partial charge in [0.25, 0.3) is 5.91 Å². The third-order valence-electron chi connectivity index (χ3n) is 3.51. The summed E-state index contributed by atoms with van der Waals surface area (Å²) in [4.78, 5) is 23.7. The minimum Gasteiger partial charge on any atom is -0.493 e. The van der Waals surface area contributed by atoms with Gasteiger partial charge in [-0.25, -0.2) is 4.79 Å². The summed E-state index contributed by atoms with van der Waals surface area (Å²) in [5.74, 6) is -0.665. The zero-order chi connectivity index (χ0) is 19.1. The molecule has 0 saturated carbocycles. The van der Waals surface area contributed by atoms with Crippen molar-refractivity contribution in [2.45, 2.75) is 0 Å². The molecule has 0 aliphatic heterocycles. The van der Waals surface area contributed by atoms with E-state index in [-0.39, 0.29) is 5.70 Å². The quantitative estimate of drug-likeness (QED) is 0.740. The highest BCUT2D eigenvalue weighted by Gasteiger charge is 2.16. The number of carboxylic acids is 1. The van der Waals surface area contributed by atoms with Gasteiger partial charge in [-0.3, -0.25) is 4.79 Å². The summed E-state index contributed by atoms with van der Waals surface area (Å²) < 4.78 is 15.7. The Morgan fingerprint density at radius 3 is 2.00 bits per heavy atom. The Bertz CT molecular complexity index is 804. The fourth-order valence-corrected chi connectivity index (χ4v) is 2.29. The second-order valence-electron chi connectivity index (χ2n) is 5.14. The van der Waals surface area contributed by atoms with Gasteiger partial charge in [-0.2, -0.15) is 0 Å². The van der Waals surface area contributed by atoms with E-state index < -0.39 is 11.9 Å². The molecule has 2 rings (SSSR count). The molecule has 0 bridgehead atoms. The molecule has 7 heteroatoms. The number of amides is 1. The standard InChI is InChI=1S/C19H19NO6/c1-24-15-10-12(11-16(25-2)17(15)26-3)9-14(19(22)23)20-18(21)13-7-5-4-6-8-13/h4-11H,1-3H3,(H,20,21)(H,22,23)/b14-9+. The van der Waals surface area contributed by atoms with Gasteiger partial charge in [-0.05, 0) is 35.9 Å². The summed E-state index contributed by atoms with van der Waals surface area (Å²) in [6.07, 6.45) is 1.31. The van der Waals surface area contributed by atoms with Crippen molar-refractivity contribution in [3.05, 3.63) is 59.3 Å². The summed E-state index contributed by atoms with van der Waals surface area (Å²) in [5.41, 5.74) is 0.530. The molecule has 2 aromatic rings. The molecule has 2 aromatic carbocycles. The third-order valence-corrected chi connectivity index (χ3v) is 3.51. The summed E-state index contributed by atoms with van der Waals surface area (Å²) in [6, 6.07) is 11.5. The zero-order valence-corrected chi connectivity index (χ0v) is 14.6. The maximum atomic E-state index is 12.2. The first-order valence-electron chi connectivity index (χ1n) is 7.61. The Hall–Kier alpha value is -3.48. The number of benzene rings is 2.